The molecule has 40 heavy (non-hydrogen) atoms. The van der Waals surface area contributed by atoms with Crippen LogP contribution in [-0.2, 0) is 13.6 Å². The molecule has 1 aliphatic heterocycles. The maximum Gasteiger partial charge on any atom is 0.351 e. The minimum absolute atomic E-state index is 0.0669. The topological polar surface area (TPSA) is 91.7 Å². The van der Waals surface area contributed by atoms with Crippen molar-refractivity contribution in [2.24, 2.45) is 5.41 Å². The highest BCUT2D eigenvalue weighted by molar-refractivity contribution is 6.74. The lowest BCUT2D eigenvalue weighted by Crippen LogP contribution is -2.50. The molecule has 0 radical (unpaired) electrons. The highest BCUT2D eigenvalue weighted by Crippen LogP contribution is 2.47. The lowest BCUT2D eigenvalue weighted by molar-refractivity contribution is -0.0331. The van der Waals surface area contributed by atoms with E-state index in [1.807, 2.05) is 6.07 Å². The van der Waals surface area contributed by atoms with Crippen molar-refractivity contribution < 1.29 is 18.4 Å². The van der Waals surface area contributed by atoms with Crippen molar-refractivity contribution in [3.8, 4) is 0 Å². The largest absolute Gasteiger partial charge is 0.416 e. The molecule has 1 aromatic heterocycles. The Labute approximate surface area is 242 Å². The summed E-state index contributed by atoms with van der Waals surface area (Å²) < 4.78 is 21.5. The van der Waals surface area contributed by atoms with Crippen LogP contribution in [0.25, 0.3) is 0 Å². The average Bonchev–Trinajstić information content (AvgIpc) is 3.17. The maximum atomic E-state index is 13.1. The fourth-order valence-corrected chi connectivity index (χ4v) is 6.22. The zero-order valence-corrected chi connectivity index (χ0v) is 28.3. The molecule has 1 aromatic carbocycles. The molecule has 1 amide bonds. The summed E-state index contributed by atoms with van der Waals surface area (Å²) in [5, 5.41) is 2.84. The predicted octanol–water partition coefficient (Wildman–Crippen LogP) is 6.83. The molecule has 2 atom stereocenters. The summed E-state index contributed by atoms with van der Waals surface area (Å²) in [5.74, 6) is -0.115. The van der Waals surface area contributed by atoms with Crippen molar-refractivity contribution in [1.82, 2.24) is 9.55 Å². The highest BCUT2D eigenvalue weighted by Gasteiger charge is 2.51. The molecule has 1 aliphatic rings. The quantitative estimate of drug-likeness (QED) is 0.323. The first-order valence-corrected chi connectivity index (χ1v) is 20.0. The van der Waals surface area contributed by atoms with Gasteiger partial charge in [0.25, 0.3) is 5.91 Å². The molecule has 3 rings (SSSR count). The monoisotopic (exact) mass is 587 g/mol. The molecule has 222 valence electrons. The second-order valence-electron chi connectivity index (χ2n) is 14.2. The van der Waals surface area contributed by atoms with Crippen LogP contribution in [0.15, 0.2) is 47.4 Å². The molecular weight excluding hydrogens is 539 g/mol. The summed E-state index contributed by atoms with van der Waals surface area (Å²) in [7, 11) is -4.09. The number of anilines is 1. The van der Waals surface area contributed by atoms with Crippen molar-refractivity contribution >= 4 is 28.4 Å². The predicted molar refractivity (Wildman–Crippen MR) is 166 cm³/mol. The third-order valence-corrected chi connectivity index (χ3v) is 18.2. The smallest absolute Gasteiger partial charge is 0.351 e. The Morgan fingerprint density at radius 1 is 1.00 bits per heavy atom. The number of hydrogen-bond acceptors (Lipinski definition) is 6. The van der Waals surface area contributed by atoms with Crippen LogP contribution >= 0.6 is 0 Å². The van der Waals surface area contributed by atoms with Crippen molar-refractivity contribution in [2.75, 3.05) is 18.5 Å². The van der Waals surface area contributed by atoms with Gasteiger partial charge in [0.1, 0.15) is 12.0 Å². The van der Waals surface area contributed by atoms with E-state index in [0.29, 0.717) is 25.2 Å². The Morgan fingerprint density at radius 3 is 2.00 bits per heavy atom. The average molecular weight is 588 g/mol. The first kappa shape index (κ1) is 32.4. The third kappa shape index (κ3) is 7.20. The van der Waals surface area contributed by atoms with E-state index in [0.717, 1.165) is 0 Å². The fraction of sp³-hybridized carbons (Fsp3) is 0.633. The van der Waals surface area contributed by atoms with Gasteiger partial charge in [0.05, 0.1) is 6.10 Å². The lowest BCUT2D eigenvalue weighted by Gasteiger charge is -2.43. The molecule has 2 aromatic rings. The van der Waals surface area contributed by atoms with Gasteiger partial charge in [0, 0.05) is 36.8 Å². The van der Waals surface area contributed by atoms with E-state index in [1.54, 1.807) is 36.5 Å². The van der Waals surface area contributed by atoms with E-state index >= 15 is 0 Å². The van der Waals surface area contributed by atoms with E-state index in [4.69, 9.17) is 13.6 Å². The Kier molecular flexibility index (Phi) is 9.43. The van der Waals surface area contributed by atoms with Gasteiger partial charge in [-0.2, -0.15) is 4.98 Å². The number of ether oxygens (including phenoxy) is 1. The number of aromatic nitrogens is 2. The Morgan fingerprint density at radius 2 is 1.52 bits per heavy atom. The Balaban J connectivity index is 1.85. The number of amides is 1. The Hall–Kier alpha value is -2.12. The normalized spacial score (nSPS) is 20.0. The van der Waals surface area contributed by atoms with E-state index in [-0.39, 0.29) is 27.9 Å². The number of benzene rings is 1. The number of rotatable bonds is 9. The summed E-state index contributed by atoms with van der Waals surface area (Å²) in [6, 6.07) is 10.5. The van der Waals surface area contributed by atoms with Crippen LogP contribution in [0.5, 0.6) is 0 Å². The van der Waals surface area contributed by atoms with E-state index in [2.05, 4.69) is 85.0 Å². The zero-order valence-electron chi connectivity index (χ0n) is 26.3. The molecule has 0 spiro atoms. The standard InChI is InChI=1S/C30H49N3O5Si2/c1-22-30(20-36-39(8,9)28(2,3)4,21-37-40(10,11)29(5,6)7)19-25(38-22)33-18-17-24(32-27(33)35)31-26(34)23-15-13-12-14-16-23/h12-18,22,25H,19-21H2,1-11H3,(H,31,32,34,35)/t22-,25+/m1/s1. The lowest BCUT2D eigenvalue weighted by atomic mass is 9.83. The van der Waals surface area contributed by atoms with E-state index in [9.17, 15) is 9.59 Å². The van der Waals surface area contributed by atoms with Crippen LogP contribution in [0, 0.1) is 5.41 Å². The molecule has 1 N–H and O–H groups in total. The second-order valence-corrected chi connectivity index (χ2v) is 23.8. The third-order valence-electron chi connectivity index (χ3n) is 9.28. The van der Waals surface area contributed by atoms with E-state index < -0.39 is 34.0 Å². The van der Waals surface area contributed by atoms with Gasteiger partial charge in [-0.1, -0.05) is 59.7 Å². The highest BCUT2D eigenvalue weighted by atomic mass is 28.4. The van der Waals surface area contributed by atoms with Crippen molar-refractivity contribution in [3.63, 3.8) is 0 Å². The van der Waals surface area contributed by atoms with Gasteiger partial charge in [0.2, 0.25) is 0 Å². The van der Waals surface area contributed by atoms with Crippen molar-refractivity contribution in [3.05, 3.63) is 58.6 Å². The number of carbonyl (C=O) groups excluding carboxylic acids is 1. The molecule has 8 nitrogen and oxygen atoms in total. The number of hydrogen-bond donors (Lipinski definition) is 1. The number of nitrogens with zero attached hydrogens (tertiary/aromatic N) is 2. The molecule has 1 saturated heterocycles. The first-order valence-electron chi connectivity index (χ1n) is 14.2. The van der Waals surface area contributed by atoms with Gasteiger partial charge in [0.15, 0.2) is 16.6 Å². The molecule has 0 saturated carbocycles. The van der Waals surface area contributed by atoms with Gasteiger partial charge in [-0.25, -0.2) is 4.79 Å². The van der Waals surface area contributed by atoms with Crippen LogP contribution in [0.1, 0.15) is 71.5 Å². The number of carbonyl (C=O) groups is 1. The molecule has 1 fully saturated rings. The van der Waals surface area contributed by atoms with Crippen molar-refractivity contribution in [1.29, 1.82) is 0 Å². The van der Waals surface area contributed by atoms with Gasteiger partial charge < -0.3 is 18.9 Å². The summed E-state index contributed by atoms with van der Waals surface area (Å²) in [6.07, 6.45) is 1.50. The minimum atomic E-state index is -2.04. The SMILES string of the molecule is C[C@H]1O[C@H](n2ccc(NC(=O)c3ccccc3)nc2=O)CC1(CO[Si](C)(C)C(C)(C)C)CO[Si](C)(C)C(C)(C)C. The van der Waals surface area contributed by atoms with Gasteiger partial charge in [-0.3, -0.25) is 9.36 Å². The summed E-state index contributed by atoms with van der Waals surface area (Å²) >= 11 is 0. The molecule has 10 heteroatoms. The Bertz CT molecular complexity index is 1200. The first-order chi connectivity index (χ1) is 18.3. The maximum absolute atomic E-state index is 13.1. The van der Waals surface area contributed by atoms with Crippen LogP contribution in [-0.4, -0.2) is 51.4 Å². The molecule has 2 heterocycles. The van der Waals surface area contributed by atoms with Gasteiger partial charge >= 0.3 is 5.69 Å². The number of nitrogens with one attached hydrogen (secondary N) is 1. The summed E-state index contributed by atoms with van der Waals surface area (Å²) in [5.41, 5.74) is -0.404. The van der Waals surface area contributed by atoms with Crippen LogP contribution < -0.4 is 11.0 Å². The van der Waals surface area contributed by atoms with E-state index in [1.165, 1.54) is 4.57 Å². The summed E-state index contributed by atoms with van der Waals surface area (Å²) in [4.78, 5) is 29.8. The molecular formula is C30H49N3O5Si2. The van der Waals surface area contributed by atoms with Gasteiger partial charge in [-0.15, -0.1) is 0 Å². The molecule has 0 aliphatic carbocycles. The van der Waals surface area contributed by atoms with Crippen LogP contribution in [0.3, 0.4) is 0 Å². The minimum Gasteiger partial charge on any atom is -0.416 e. The molecule has 0 bridgehead atoms. The zero-order chi connectivity index (χ0) is 30.1. The second kappa shape index (κ2) is 11.6. The van der Waals surface area contributed by atoms with Gasteiger partial charge in [-0.05, 0) is 61.4 Å². The van der Waals surface area contributed by atoms with Crippen molar-refractivity contribution in [2.45, 2.75) is 103 Å². The van der Waals surface area contributed by atoms with Crippen LogP contribution in [0.4, 0.5) is 5.82 Å². The molecule has 0 unspecified atom stereocenters. The van der Waals surface area contributed by atoms with Crippen LogP contribution in [0.2, 0.25) is 36.3 Å². The fourth-order valence-electron chi connectivity index (χ4n) is 4.06. The summed E-state index contributed by atoms with van der Waals surface area (Å²) in [6.45, 7) is 25.5.